The zero-order valence-electron chi connectivity index (χ0n) is 16.3. The molecule has 27 heavy (non-hydrogen) atoms. The molecule has 3 aromatic rings. The highest BCUT2D eigenvalue weighted by Gasteiger charge is 2.41. The van der Waals surface area contributed by atoms with E-state index in [-0.39, 0.29) is 5.04 Å². The number of rotatable bonds is 5. The van der Waals surface area contributed by atoms with Crippen LogP contribution in [0.4, 0.5) is 0 Å². The molecule has 0 saturated carbocycles. The van der Waals surface area contributed by atoms with Crippen LogP contribution in [0.2, 0.25) is 5.04 Å². The van der Waals surface area contributed by atoms with Crippen molar-refractivity contribution < 1.29 is 8.84 Å². The number of benzene rings is 2. The summed E-state index contributed by atoms with van der Waals surface area (Å²) in [6, 6.07) is 24.4. The van der Waals surface area contributed by atoms with E-state index in [4.69, 9.17) is 8.84 Å². The fraction of sp³-hybridized carbons (Fsp3) is 0.261. The Morgan fingerprint density at radius 3 is 1.85 bits per heavy atom. The normalized spacial score (nSPS) is 12.4. The quantitative estimate of drug-likeness (QED) is 0.585. The van der Waals surface area contributed by atoms with Gasteiger partial charge < -0.3 is 8.84 Å². The van der Waals surface area contributed by atoms with Gasteiger partial charge in [0.2, 0.25) is 5.76 Å². The van der Waals surface area contributed by atoms with Crippen molar-refractivity contribution >= 4 is 9.76 Å². The summed E-state index contributed by atoms with van der Waals surface area (Å²) >= 11 is 0. The SMILES string of the molecule is Cc1oc(C#N)cc1C(O[SiH2]C(C)(C)C)(c1ccccc1)c1ccccc1. The monoisotopic (exact) mass is 375 g/mol. The molecule has 3 nitrogen and oxygen atoms in total. The summed E-state index contributed by atoms with van der Waals surface area (Å²) in [5, 5.41) is 9.48. The van der Waals surface area contributed by atoms with Gasteiger partial charge in [-0.2, -0.15) is 5.26 Å². The number of hydrogen-bond donors (Lipinski definition) is 0. The number of nitriles is 1. The van der Waals surface area contributed by atoms with Crippen LogP contribution in [-0.2, 0) is 10.0 Å². The third-order valence-corrected chi connectivity index (χ3v) is 5.93. The molecular formula is C23H25NO2Si. The van der Waals surface area contributed by atoms with E-state index in [1.54, 1.807) is 0 Å². The number of hydrogen-bond acceptors (Lipinski definition) is 3. The molecule has 0 spiro atoms. The van der Waals surface area contributed by atoms with Crippen molar-refractivity contribution in [3.8, 4) is 6.07 Å². The maximum Gasteiger partial charge on any atom is 0.204 e. The van der Waals surface area contributed by atoms with Crippen LogP contribution in [0.15, 0.2) is 71.1 Å². The Kier molecular flexibility index (Phi) is 5.36. The molecule has 0 bridgehead atoms. The number of aryl methyl sites for hydroxylation is 1. The van der Waals surface area contributed by atoms with Gasteiger partial charge in [0.25, 0.3) is 0 Å². The van der Waals surface area contributed by atoms with E-state index >= 15 is 0 Å². The van der Waals surface area contributed by atoms with Crippen LogP contribution >= 0.6 is 0 Å². The lowest BCUT2D eigenvalue weighted by molar-refractivity contribution is 0.154. The van der Waals surface area contributed by atoms with Crippen LogP contribution in [-0.4, -0.2) is 9.76 Å². The maximum atomic E-state index is 9.37. The Morgan fingerprint density at radius 1 is 0.926 bits per heavy atom. The van der Waals surface area contributed by atoms with Gasteiger partial charge >= 0.3 is 0 Å². The summed E-state index contributed by atoms with van der Waals surface area (Å²) in [6.45, 7) is 8.54. The molecule has 138 valence electrons. The number of nitrogens with zero attached hydrogens (tertiary/aromatic N) is 1. The zero-order valence-corrected chi connectivity index (χ0v) is 17.7. The lowest BCUT2D eigenvalue weighted by Crippen LogP contribution is -2.36. The largest absolute Gasteiger partial charge is 0.450 e. The lowest BCUT2D eigenvalue weighted by atomic mass is 9.80. The average molecular weight is 376 g/mol. The summed E-state index contributed by atoms with van der Waals surface area (Å²) in [6.07, 6.45) is 0. The van der Waals surface area contributed by atoms with Crippen molar-refractivity contribution in [1.82, 2.24) is 0 Å². The Balaban J connectivity index is 2.31. The van der Waals surface area contributed by atoms with Crippen LogP contribution < -0.4 is 0 Å². The third kappa shape index (κ3) is 3.90. The second-order valence-electron chi connectivity index (χ2n) is 7.95. The highest BCUT2D eigenvalue weighted by Crippen LogP contribution is 2.44. The predicted octanol–water partition coefficient (Wildman–Crippen LogP) is 5.07. The van der Waals surface area contributed by atoms with E-state index in [1.807, 2.05) is 49.4 Å². The molecule has 0 N–H and O–H groups in total. The maximum absolute atomic E-state index is 9.37. The van der Waals surface area contributed by atoms with Crippen LogP contribution in [0.3, 0.4) is 0 Å². The first kappa shape index (κ1) is 19.2. The van der Waals surface area contributed by atoms with Gasteiger partial charge in [-0.15, -0.1) is 0 Å². The summed E-state index contributed by atoms with van der Waals surface area (Å²) in [5.41, 5.74) is 2.20. The third-order valence-electron chi connectivity index (χ3n) is 4.49. The summed E-state index contributed by atoms with van der Waals surface area (Å²) in [7, 11) is -0.924. The van der Waals surface area contributed by atoms with Crippen molar-refractivity contribution in [1.29, 1.82) is 5.26 Å². The molecule has 0 aliphatic rings. The second kappa shape index (κ2) is 7.56. The molecule has 1 aromatic heterocycles. The van der Waals surface area contributed by atoms with E-state index in [9.17, 15) is 5.26 Å². The first-order chi connectivity index (χ1) is 12.9. The van der Waals surface area contributed by atoms with Gasteiger partial charge in [0.1, 0.15) is 17.4 Å². The second-order valence-corrected chi connectivity index (χ2v) is 10.7. The molecule has 3 rings (SSSR count). The smallest absolute Gasteiger partial charge is 0.204 e. The van der Waals surface area contributed by atoms with Gasteiger partial charge in [-0.05, 0) is 23.1 Å². The summed E-state index contributed by atoms with van der Waals surface area (Å²) in [5.74, 6) is 1.02. The van der Waals surface area contributed by atoms with Crippen molar-refractivity contribution in [2.24, 2.45) is 0 Å². The molecule has 0 radical (unpaired) electrons. The molecule has 0 atom stereocenters. The van der Waals surface area contributed by atoms with E-state index in [2.05, 4.69) is 51.1 Å². The Labute approximate surface area is 163 Å². The fourth-order valence-corrected chi connectivity index (χ4v) is 4.42. The molecule has 0 amide bonds. The number of furan rings is 1. The molecule has 0 saturated heterocycles. The lowest BCUT2D eigenvalue weighted by Gasteiger charge is -2.37. The minimum atomic E-state index is -0.924. The topological polar surface area (TPSA) is 46.2 Å². The molecule has 0 fully saturated rings. The first-order valence-electron chi connectivity index (χ1n) is 9.13. The Morgan fingerprint density at radius 2 is 1.44 bits per heavy atom. The highest BCUT2D eigenvalue weighted by molar-refractivity contribution is 6.32. The van der Waals surface area contributed by atoms with Gasteiger partial charge in [0, 0.05) is 11.6 Å². The molecule has 0 aliphatic carbocycles. The Hall–Kier alpha value is -2.61. The van der Waals surface area contributed by atoms with Crippen molar-refractivity contribution in [3.05, 3.63) is 94.9 Å². The molecular weight excluding hydrogens is 350 g/mol. The van der Waals surface area contributed by atoms with E-state index in [0.29, 0.717) is 11.5 Å². The van der Waals surface area contributed by atoms with Gasteiger partial charge in [0.05, 0.1) is 0 Å². The minimum absolute atomic E-state index is 0.116. The predicted molar refractivity (Wildman–Crippen MR) is 110 cm³/mol. The van der Waals surface area contributed by atoms with E-state index in [1.165, 1.54) is 0 Å². The zero-order chi connectivity index (χ0) is 19.5. The standard InChI is InChI=1S/C23H25NO2Si/c1-17-21(15-20(16-24)25-17)23(26-27-22(2,3)4,18-11-7-5-8-12-18)19-13-9-6-10-14-19/h5-15H,27H2,1-4H3. The van der Waals surface area contributed by atoms with Crippen molar-refractivity contribution in [2.75, 3.05) is 0 Å². The van der Waals surface area contributed by atoms with Crippen LogP contribution in [0.25, 0.3) is 0 Å². The molecule has 0 unspecified atom stereocenters. The molecule has 0 aliphatic heterocycles. The van der Waals surface area contributed by atoms with E-state index < -0.39 is 15.4 Å². The van der Waals surface area contributed by atoms with Crippen LogP contribution in [0.5, 0.6) is 0 Å². The van der Waals surface area contributed by atoms with Gasteiger partial charge in [0.15, 0.2) is 9.76 Å². The van der Waals surface area contributed by atoms with Crippen molar-refractivity contribution in [2.45, 2.75) is 38.3 Å². The minimum Gasteiger partial charge on any atom is -0.450 e. The van der Waals surface area contributed by atoms with Crippen molar-refractivity contribution in [3.63, 3.8) is 0 Å². The average Bonchev–Trinajstić information content (AvgIpc) is 3.05. The summed E-state index contributed by atoms with van der Waals surface area (Å²) < 4.78 is 12.6. The van der Waals surface area contributed by atoms with Crippen LogP contribution in [0, 0.1) is 18.3 Å². The van der Waals surface area contributed by atoms with Gasteiger partial charge in [-0.1, -0.05) is 81.4 Å². The Bertz CT molecular complexity index is 895. The van der Waals surface area contributed by atoms with E-state index in [0.717, 1.165) is 16.7 Å². The highest BCUT2D eigenvalue weighted by atomic mass is 28.2. The van der Waals surface area contributed by atoms with Gasteiger partial charge in [-0.25, -0.2) is 0 Å². The summed E-state index contributed by atoms with van der Waals surface area (Å²) in [4.78, 5) is 0. The van der Waals surface area contributed by atoms with Gasteiger partial charge in [-0.3, -0.25) is 0 Å². The fourth-order valence-electron chi connectivity index (χ4n) is 3.28. The molecule has 1 heterocycles. The molecule has 2 aromatic carbocycles. The first-order valence-corrected chi connectivity index (χ1v) is 10.4. The molecule has 4 heteroatoms. The van der Waals surface area contributed by atoms with Crippen LogP contribution in [0.1, 0.15) is 49.0 Å².